The lowest BCUT2D eigenvalue weighted by atomic mass is 9.81. The molecule has 0 spiro atoms. The summed E-state index contributed by atoms with van der Waals surface area (Å²) in [5.74, 6) is -0.937. The second-order valence-electron chi connectivity index (χ2n) is 10.5. The predicted octanol–water partition coefficient (Wildman–Crippen LogP) is 4.24. The quantitative estimate of drug-likeness (QED) is 0.209. The number of carbonyl (C=O) groups excluding carboxylic acids is 4. The second-order valence-corrected chi connectivity index (χ2v) is 12.6. The van der Waals surface area contributed by atoms with Crippen LogP contribution in [-0.4, -0.2) is 47.0 Å². The molecule has 2 aliphatic carbocycles. The van der Waals surface area contributed by atoms with Gasteiger partial charge in [-0.25, -0.2) is 4.90 Å². The normalized spacial score (nSPS) is 31.8. The zero-order valence-corrected chi connectivity index (χ0v) is 24.0. The summed E-state index contributed by atoms with van der Waals surface area (Å²) in [6, 6.07) is 12.1. The number of halogens is 2. The van der Waals surface area contributed by atoms with Crippen LogP contribution in [0.4, 0.5) is 11.4 Å². The molecule has 0 radical (unpaired) electrons. The highest BCUT2D eigenvalue weighted by Crippen LogP contribution is 2.60. The number of esters is 1. The van der Waals surface area contributed by atoms with Gasteiger partial charge in [0.2, 0.25) is 17.7 Å². The Kier molecular flexibility index (Phi) is 6.38. The summed E-state index contributed by atoms with van der Waals surface area (Å²) in [6.07, 6.45) is 0.928. The van der Waals surface area contributed by atoms with E-state index in [0.29, 0.717) is 28.4 Å². The first kappa shape index (κ1) is 25.6. The summed E-state index contributed by atoms with van der Waals surface area (Å²) >= 11 is 7.43. The fraction of sp³-hybridized carbons (Fsp3) is 0.429. The zero-order valence-electron chi connectivity index (χ0n) is 20.8. The summed E-state index contributed by atoms with van der Waals surface area (Å²) in [5, 5.41) is 0. The average molecular weight is 646 g/mol. The van der Waals surface area contributed by atoms with Crippen molar-refractivity contribution in [1.82, 2.24) is 0 Å². The van der Waals surface area contributed by atoms with E-state index in [9.17, 15) is 19.2 Å². The van der Waals surface area contributed by atoms with Crippen molar-refractivity contribution in [2.75, 3.05) is 23.5 Å². The molecule has 2 saturated heterocycles. The van der Waals surface area contributed by atoms with E-state index < -0.39 is 11.9 Å². The van der Waals surface area contributed by atoms with Crippen LogP contribution < -0.4 is 19.3 Å². The lowest BCUT2D eigenvalue weighted by molar-refractivity contribution is -0.139. The summed E-state index contributed by atoms with van der Waals surface area (Å²) in [6.45, 7) is 2.01. The molecule has 6 rings (SSSR count). The zero-order chi connectivity index (χ0) is 26.9. The van der Waals surface area contributed by atoms with E-state index in [1.165, 1.54) is 4.90 Å². The fourth-order valence-electron chi connectivity index (χ4n) is 6.62. The van der Waals surface area contributed by atoms with E-state index in [-0.39, 0.29) is 64.0 Å². The Morgan fingerprint density at radius 2 is 1.63 bits per heavy atom. The van der Waals surface area contributed by atoms with Gasteiger partial charge in [-0.05, 0) is 61.1 Å². The molecule has 2 aliphatic heterocycles. The number of aryl methyl sites for hydroxylation is 1. The van der Waals surface area contributed by atoms with E-state index in [0.717, 1.165) is 6.42 Å². The third kappa shape index (κ3) is 3.90. The monoisotopic (exact) mass is 644 g/mol. The summed E-state index contributed by atoms with van der Waals surface area (Å²) in [4.78, 5) is 55.6. The van der Waals surface area contributed by atoms with Crippen LogP contribution in [0.15, 0.2) is 42.5 Å². The SMILES string of the molecule is COc1cccc(N2C[C@H](C(=O)Oc3ccc(N4C(=O)[C@@H]5[C@H]6C[C@@H]([C@H](Br)[C@@H]6Br)[C@@H]5C4=O)c(C)c3)CC2=O)c1. The van der Waals surface area contributed by atoms with Gasteiger partial charge < -0.3 is 14.4 Å². The third-order valence-corrected chi connectivity index (χ3v) is 11.6. The maximum absolute atomic E-state index is 13.4. The van der Waals surface area contributed by atoms with Crippen molar-refractivity contribution in [3.63, 3.8) is 0 Å². The summed E-state index contributed by atoms with van der Waals surface area (Å²) < 4.78 is 10.9. The number of hydrogen-bond donors (Lipinski definition) is 0. The van der Waals surface area contributed by atoms with E-state index in [1.807, 2.05) is 0 Å². The lowest BCUT2D eigenvalue weighted by Gasteiger charge is -2.28. The third-order valence-electron chi connectivity index (χ3n) is 8.44. The number of fused-ring (bicyclic) bond motifs is 5. The average Bonchev–Trinajstić information content (AvgIpc) is 3.62. The number of imide groups is 1. The summed E-state index contributed by atoms with van der Waals surface area (Å²) in [5.41, 5.74) is 1.85. The maximum Gasteiger partial charge on any atom is 0.316 e. The number of benzene rings is 2. The Labute approximate surface area is 236 Å². The highest BCUT2D eigenvalue weighted by Gasteiger charge is 2.66. The van der Waals surface area contributed by atoms with Crippen LogP contribution in [0.25, 0.3) is 0 Å². The molecule has 0 aromatic heterocycles. The van der Waals surface area contributed by atoms with Crippen molar-refractivity contribution >= 4 is 66.9 Å². The van der Waals surface area contributed by atoms with Crippen molar-refractivity contribution in [1.29, 1.82) is 0 Å². The molecule has 0 unspecified atom stereocenters. The second kappa shape index (κ2) is 9.48. The van der Waals surface area contributed by atoms with Gasteiger partial charge in [-0.1, -0.05) is 37.9 Å². The number of hydrogen-bond acceptors (Lipinski definition) is 6. The smallest absolute Gasteiger partial charge is 0.316 e. The first-order valence-electron chi connectivity index (χ1n) is 12.6. The number of alkyl halides is 2. The van der Waals surface area contributed by atoms with Crippen LogP contribution in [0.5, 0.6) is 11.5 Å². The van der Waals surface area contributed by atoms with Crippen LogP contribution in [-0.2, 0) is 19.2 Å². The van der Waals surface area contributed by atoms with Crippen molar-refractivity contribution in [2.45, 2.75) is 29.4 Å². The molecule has 198 valence electrons. The van der Waals surface area contributed by atoms with Crippen molar-refractivity contribution in [2.24, 2.45) is 29.6 Å². The Balaban J connectivity index is 1.16. The Hall–Kier alpha value is -2.72. The molecule has 2 bridgehead atoms. The standard InChI is InChI=1S/C28H26Br2N2O6/c1-13-8-17(38-28(36)14-9-21(33)31(12-14)15-4-3-5-16(10-15)37-2)6-7-20(13)32-26(34)22-18-11-19(23(22)27(32)35)25(30)24(18)29/h3-8,10,14,18-19,22-25H,9,11-12H2,1-2H3/t14-,18-,19-,22-,23+,24-,25+/m1/s1. The molecule has 2 aromatic rings. The van der Waals surface area contributed by atoms with Crippen LogP contribution >= 0.6 is 31.9 Å². The van der Waals surface area contributed by atoms with Gasteiger partial charge in [0.25, 0.3) is 0 Å². The number of methoxy groups -OCH3 is 1. The van der Waals surface area contributed by atoms with Gasteiger partial charge in [0, 0.05) is 34.4 Å². The Bertz CT molecular complexity index is 1330. The van der Waals surface area contributed by atoms with Gasteiger partial charge in [-0.3, -0.25) is 19.2 Å². The van der Waals surface area contributed by atoms with Gasteiger partial charge >= 0.3 is 5.97 Å². The van der Waals surface area contributed by atoms with E-state index in [2.05, 4.69) is 31.9 Å². The van der Waals surface area contributed by atoms with Crippen LogP contribution in [0.1, 0.15) is 18.4 Å². The van der Waals surface area contributed by atoms with Crippen molar-refractivity contribution in [3.8, 4) is 11.5 Å². The van der Waals surface area contributed by atoms with E-state index in [4.69, 9.17) is 9.47 Å². The van der Waals surface area contributed by atoms with Crippen LogP contribution in [0.2, 0.25) is 0 Å². The van der Waals surface area contributed by atoms with Crippen molar-refractivity contribution < 1.29 is 28.7 Å². The first-order valence-corrected chi connectivity index (χ1v) is 14.5. The Morgan fingerprint density at radius 3 is 2.26 bits per heavy atom. The number of nitrogens with zero attached hydrogens (tertiary/aromatic N) is 2. The number of rotatable bonds is 5. The largest absolute Gasteiger partial charge is 0.497 e. The fourth-order valence-corrected chi connectivity index (χ4v) is 8.49. The van der Waals surface area contributed by atoms with E-state index >= 15 is 0 Å². The first-order chi connectivity index (χ1) is 18.2. The van der Waals surface area contributed by atoms with Gasteiger partial charge in [-0.2, -0.15) is 0 Å². The minimum atomic E-state index is -0.611. The van der Waals surface area contributed by atoms with Gasteiger partial charge in [0.1, 0.15) is 11.5 Å². The molecular formula is C28H26Br2N2O6. The molecule has 2 heterocycles. The molecule has 3 amide bonds. The minimum absolute atomic E-state index is 0.0537. The maximum atomic E-state index is 13.4. The molecule has 2 saturated carbocycles. The number of carbonyl (C=O) groups is 4. The minimum Gasteiger partial charge on any atom is -0.497 e. The molecule has 4 fully saturated rings. The number of amides is 3. The number of ether oxygens (including phenoxy) is 2. The van der Waals surface area contributed by atoms with Gasteiger partial charge in [0.05, 0.1) is 30.6 Å². The molecule has 38 heavy (non-hydrogen) atoms. The highest BCUT2D eigenvalue weighted by molar-refractivity contribution is 9.12. The van der Waals surface area contributed by atoms with Gasteiger partial charge in [-0.15, -0.1) is 0 Å². The van der Waals surface area contributed by atoms with Crippen LogP contribution in [0, 0.1) is 36.5 Å². The highest BCUT2D eigenvalue weighted by atomic mass is 79.9. The van der Waals surface area contributed by atoms with Crippen molar-refractivity contribution in [3.05, 3.63) is 48.0 Å². The molecular weight excluding hydrogens is 620 g/mol. The molecule has 8 nitrogen and oxygen atoms in total. The summed E-state index contributed by atoms with van der Waals surface area (Å²) in [7, 11) is 1.56. The molecule has 10 heteroatoms. The molecule has 4 aliphatic rings. The number of anilines is 2. The predicted molar refractivity (Wildman–Crippen MR) is 147 cm³/mol. The molecule has 0 N–H and O–H groups in total. The molecule has 2 aromatic carbocycles. The lowest BCUT2D eigenvalue weighted by Crippen LogP contribution is -2.37. The topological polar surface area (TPSA) is 93.2 Å². The Morgan fingerprint density at radius 1 is 0.947 bits per heavy atom. The van der Waals surface area contributed by atoms with Gasteiger partial charge in [0.15, 0.2) is 0 Å². The van der Waals surface area contributed by atoms with Crippen LogP contribution in [0.3, 0.4) is 0 Å². The van der Waals surface area contributed by atoms with E-state index in [1.54, 1.807) is 61.4 Å². The molecule has 7 atom stereocenters.